The lowest BCUT2D eigenvalue weighted by Gasteiger charge is -2.22. The number of sulfonamides is 1. The molecule has 1 aromatic rings. The van der Waals surface area contributed by atoms with E-state index in [2.05, 4.69) is 9.71 Å². The number of fused-ring (bicyclic) bond motifs is 1. The Morgan fingerprint density at radius 2 is 2.08 bits per heavy atom. The molecule has 2 atom stereocenters. The third-order valence-electron chi connectivity index (χ3n) is 4.46. The Hall–Kier alpha value is -1.64. The number of benzene rings is 1. The molecule has 7 nitrogen and oxygen atoms in total. The second kappa shape index (κ2) is 7.94. The first-order valence-corrected chi connectivity index (χ1v) is 10.0. The van der Waals surface area contributed by atoms with Crippen molar-refractivity contribution in [2.75, 3.05) is 13.1 Å². The topological polar surface area (TPSA) is 105 Å². The number of likely N-dealkylation sites (tertiary alicyclic amines) is 1. The molecule has 2 aliphatic heterocycles. The maximum atomic E-state index is 12.9. The maximum Gasteiger partial charge on any atom is 0.263 e. The van der Waals surface area contributed by atoms with Gasteiger partial charge in [0.15, 0.2) is 0 Å². The SMILES string of the molecule is CC(C)CC(N=C1NS(=O)(=O)c2ccccc21)C(=O)N1CC[C@@H](N)C1.Cl. The van der Waals surface area contributed by atoms with Crippen LogP contribution in [-0.4, -0.2) is 50.2 Å². The van der Waals surface area contributed by atoms with Crippen molar-refractivity contribution < 1.29 is 13.2 Å². The van der Waals surface area contributed by atoms with Gasteiger partial charge in [0.25, 0.3) is 10.0 Å². The van der Waals surface area contributed by atoms with E-state index in [1.165, 1.54) is 0 Å². The van der Waals surface area contributed by atoms with Gasteiger partial charge in [0.2, 0.25) is 5.91 Å². The van der Waals surface area contributed by atoms with Gasteiger partial charge >= 0.3 is 0 Å². The molecule has 9 heteroatoms. The van der Waals surface area contributed by atoms with Crippen molar-refractivity contribution in [3.05, 3.63) is 29.8 Å². The van der Waals surface area contributed by atoms with E-state index in [0.717, 1.165) is 6.42 Å². The zero-order chi connectivity index (χ0) is 18.2. The van der Waals surface area contributed by atoms with Gasteiger partial charge in [-0.1, -0.05) is 26.0 Å². The summed E-state index contributed by atoms with van der Waals surface area (Å²) in [5, 5.41) is 0. The van der Waals surface area contributed by atoms with E-state index in [-0.39, 0.29) is 41.0 Å². The first kappa shape index (κ1) is 20.7. The van der Waals surface area contributed by atoms with Crippen molar-refractivity contribution in [1.82, 2.24) is 9.62 Å². The fourth-order valence-electron chi connectivity index (χ4n) is 3.24. The Balaban J connectivity index is 0.00000243. The molecule has 3 rings (SSSR count). The molecule has 0 spiro atoms. The third-order valence-corrected chi connectivity index (χ3v) is 5.86. The van der Waals surface area contributed by atoms with Gasteiger partial charge in [-0.25, -0.2) is 8.42 Å². The second-order valence-corrected chi connectivity index (χ2v) is 8.71. The van der Waals surface area contributed by atoms with E-state index in [9.17, 15) is 13.2 Å². The molecule has 1 fully saturated rings. The van der Waals surface area contributed by atoms with Gasteiger partial charge in [-0.3, -0.25) is 14.5 Å². The minimum Gasteiger partial charge on any atom is -0.339 e. The van der Waals surface area contributed by atoms with Crippen molar-refractivity contribution >= 4 is 34.2 Å². The first-order valence-electron chi connectivity index (χ1n) is 8.52. The van der Waals surface area contributed by atoms with Crippen LogP contribution in [0.3, 0.4) is 0 Å². The van der Waals surface area contributed by atoms with Crippen molar-refractivity contribution in [3.63, 3.8) is 0 Å². The number of hydrogen-bond donors (Lipinski definition) is 2. The normalized spacial score (nSPS) is 23.5. The highest BCUT2D eigenvalue weighted by Gasteiger charge is 2.34. The lowest BCUT2D eigenvalue weighted by molar-refractivity contribution is -0.131. The molecule has 0 aromatic heterocycles. The van der Waals surface area contributed by atoms with Crippen LogP contribution in [0.4, 0.5) is 0 Å². The molecule has 1 unspecified atom stereocenters. The lowest BCUT2D eigenvalue weighted by Crippen LogP contribution is -2.40. The average Bonchev–Trinajstić information content (AvgIpc) is 3.08. The van der Waals surface area contributed by atoms with E-state index < -0.39 is 16.1 Å². The monoisotopic (exact) mass is 400 g/mol. The van der Waals surface area contributed by atoms with Crippen molar-refractivity contribution in [2.24, 2.45) is 16.6 Å². The summed E-state index contributed by atoms with van der Waals surface area (Å²) in [6, 6.07) is 6.06. The summed E-state index contributed by atoms with van der Waals surface area (Å²) in [6.45, 7) is 5.19. The Kier molecular flexibility index (Phi) is 6.31. The fraction of sp³-hybridized carbons (Fsp3) is 0.529. The Morgan fingerprint density at radius 3 is 2.69 bits per heavy atom. The van der Waals surface area contributed by atoms with Crippen LogP contribution in [0, 0.1) is 5.92 Å². The highest BCUT2D eigenvalue weighted by Crippen LogP contribution is 2.24. The van der Waals surface area contributed by atoms with Crippen LogP contribution < -0.4 is 10.5 Å². The highest BCUT2D eigenvalue weighted by atomic mass is 35.5. The molecule has 2 aliphatic rings. The molecule has 0 bridgehead atoms. The van der Waals surface area contributed by atoms with Gasteiger partial charge in [0, 0.05) is 24.7 Å². The van der Waals surface area contributed by atoms with Crippen LogP contribution in [0.1, 0.15) is 32.3 Å². The van der Waals surface area contributed by atoms with Crippen LogP contribution in [0.15, 0.2) is 34.2 Å². The number of carbonyl (C=O) groups is 1. The smallest absolute Gasteiger partial charge is 0.263 e. The largest absolute Gasteiger partial charge is 0.339 e. The van der Waals surface area contributed by atoms with Crippen LogP contribution >= 0.6 is 12.4 Å². The van der Waals surface area contributed by atoms with E-state index in [4.69, 9.17) is 5.73 Å². The number of nitrogens with two attached hydrogens (primary N) is 1. The van der Waals surface area contributed by atoms with Gasteiger partial charge in [-0.15, -0.1) is 12.4 Å². The molecule has 0 radical (unpaired) electrons. The molecule has 144 valence electrons. The highest BCUT2D eigenvalue weighted by molar-refractivity contribution is 7.90. The van der Waals surface area contributed by atoms with Gasteiger partial charge in [-0.05, 0) is 30.9 Å². The second-order valence-electron chi connectivity index (χ2n) is 7.06. The van der Waals surface area contributed by atoms with E-state index in [1.54, 1.807) is 29.2 Å². The third kappa shape index (κ3) is 4.19. The summed E-state index contributed by atoms with van der Waals surface area (Å²) in [4.78, 5) is 19.3. The zero-order valence-corrected chi connectivity index (χ0v) is 16.5. The molecule has 1 aromatic carbocycles. The summed E-state index contributed by atoms with van der Waals surface area (Å²) >= 11 is 0. The summed E-state index contributed by atoms with van der Waals surface area (Å²) < 4.78 is 26.9. The molecule has 1 saturated heterocycles. The Bertz CT molecular complexity index is 810. The zero-order valence-electron chi connectivity index (χ0n) is 14.9. The number of carbonyl (C=O) groups excluding carboxylic acids is 1. The minimum atomic E-state index is -3.61. The summed E-state index contributed by atoms with van der Waals surface area (Å²) in [5.41, 5.74) is 6.42. The van der Waals surface area contributed by atoms with E-state index in [0.29, 0.717) is 25.1 Å². The molecule has 26 heavy (non-hydrogen) atoms. The molecule has 0 aliphatic carbocycles. The van der Waals surface area contributed by atoms with Crippen LogP contribution in [0.25, 0.3) is 0 Å². The Labute approximate surface area is 160 Å². The molecule has 2 heterocycles. The maximum absolute atomic E-state index is 12.9. The van der Waals surface area contributed by atoms with E-state index in [1.807, 2.05) is 13.8 Å². The molecule has 3 N–H and O–H groups in total. The Morgan fingerprint density at radius 1 is 1.38 bits per heavy atom. The summed E-state index contributed by atoms with van der Waals surface area (Å²) in [6.07, 6.45) is 1.34. The molecule has 0 saturated carbocycles. The standard InChI is InChI=1S/C17H24N4O3S.ClH/c1-11(2)9-14(17(22)21-8-7-12(18)10-21)19-16-13-5-3-4-6-15(13)25(23,24)20-16;/h3-6,11-12,14H,7-10,18H2,1-2H3,(H,19,20);1H/t12-,14?;/m1./s1. The summed E-state index contributed by atoms with van der Waals surface area (Å²) in [7, 11) is -3.61. The number of nitrogens with zero attached hydrogens (tertiary/aromatic N) is 2. The first-order chi connectivity index (χ1) is 11.8. The van der Waals surface area contributed by atoms with Gasteiger partial charge in [-0.2, -0.15) is 0 Å². The molecular formula is C17H25ClN4O3S. The number of nitrogens with one attached hydrogen (secondary N) is 1. The minimum absolute atomic E-state index is 0. The van der Waals surface area contributed by atoms with E-state index >= 15 is 0 Å². The predicted octanol–water partition coefficient (Wildman–Crippen LogP) is 1.12. The lowest BCUT2D eigenvalue weighted by atomic mass is 10.0. The molecule has 1 amide bonds. The van der Waals surface area contributed by atoms with Gasteiger partial charge in [0.1, 0.15) is 11.9 Å². The summed E-state index contributed by atoms with van der Waals surface area (Å²) in [5.74, 6) is 0.415. The van der Waals surface area contributed by atoms with Gasteiger partial charge in [0.05, 0.1) is 4.90 Å². The predicted molar refractivity (Wildman–Crippen MR) is 103 cm³/mol. The van der Waals surface area contributed by atoms with Crippen molar-refractivity contribution in [3.8, 4) is 0 Å². The number of amidine groups is 1. The van der Waals surface area contributed by atoms with Crippen LogP contribution in [0.5, 0.6) is 0 Å². The van der Waals surface area contributed by atoms with Crippen LogP contribution in [0.2, 0.25) is 0 Å². The van der Waals surface area contributed by atoms with Crippen LogP contribution in [-0.2, 0) is 14.8 Å². The fourth-order valence-corrected chi connectivity index (χ4v) is 4.48. The quantitative estimate of drug-likeness (QED) is 0.789. The number of hydrogen-bond acceptors (Lipinski definition) is 5. The van der Waals surface area contributed by atoms with Gasteiger partial charge < -0.3 is 10.6 Å². The number of aliphatic imine (C=N–C) groups is 1. The number of amides is 1. The number of rotatable bonds is 4. The van der Waals surface area contributed by atoms with Crippen molar-refractivity contribution in [2.45, 2.75) is 43.7 Å². The average molecular weight is 401 g/mol. The van der Waals surface area contributed by atoms with Crippen molar-refractivity contribution in [1.29, 1.82) is 0 Å². The number of halogens is 1. The molecular weight excluding hydrogens is 376 g/mol.